The maximum atomic E-state index is 12.7. The highest BCUT2D eigenvalue weighted by Gasteiger charge is 2.22. The van der Waals surface area contributed by atoms with E-state index in [1.165, 1.54) is 4.88 Å². The summed E-state index contributed by atoms with van der Waals surface area (Å²) in [5, 5.41) is 3.02. The first-order valence-electron chi connectivity index (χ1n) is 9.30. The highest BCUT2D eigenvalue weighted by molar-refractivity contribution is 7.09. The summed E-state index contributed by atoms with van der Waals surface area (Å²) in [6.45, 7) is 2.17. The van der Waals surface area contributed by atoms with Crippen LogP contribution in [-0.4, -0.2) is 18.2 Å². The van der Waals surface area contributed by atoms with E-state index in [2.05, 4.69) is 22.4 Å². The molecule has 28 heavy (non-hydrogen) atoms. The Morgan fingerprint density at radius 1 is 1.04 bits per heavy atom. The molecule has 0 spiro atoms. The molecule has 4 nitrogen and oxygen atoms in total. The topological polar surface area (TPSA) is 42.7 Å². The minimum Gasteiger partial charge on any atom is -0.478 e. The van der Waals surface area contributed by atoms with Crippen LogP contribution in [0.4, 0.5) is 0 Å². The van der Waals surface area contributed by atoms with Crippen molar-refractivity contribution in [2.24, 2.45) is 0 Å². The van der Waals surface area contributed by atoms with Crippen molar-refractivity contribution in [3.8, 4) is 16.9 Å². The zero-order valence-electron chi connectivity index (χ0n) is 15.3. The SMILES string of the molecule is O=c1oc2c3c(ccc2cc1-c1ccccc1)OCN(CCc1cccs1)C3. The fraction of sp³-hybridized carbons (Fsp3) is 0.174. The molecule has 0 radical (unpaired) electrons. The van der Waals surface area contributed by atoms with Gasteiger partial charge in [-0.3, -0.25) is 4.90 Å². The zero-order valence-corrected chi connectivity index (χ0v) is 16.1. The summed E-state index contributed by atoms with van der Waals surface area (Å²) in [4.78, 5) is 16.3. The van der Waals surface area contributed by atoms with Gasteiger partial charge in [0.2, 0.25) is 0 Å². The highest BCUT2D eigenvalue weighted by Crippen LogP contribution is 2.33. The summed E-state index contributed by atoms with van der Waals surface area (Å²) in [5.74, 6) is 0.801. The third kappa shape index (κ3) is 3.23. The quantitative estimate of drug-likeness (QED) is 0.465. The Bertz CT molecular complexity index is 1170. The first kappa shape index (κ1) is 17.2. The van der Waals surface area contributed by atoms with Crippen molar-refractivity contribution in [3.05, 3.63) is 86.9 Å². The van der Waals surface area contributed by atoms with Gasteiger partial charge >= 0.3 is 5.63 Å². The highest BCUT2D eigenvalue weighted by atomic mass is 32.1. The summed E-state index contributed by atoms with van der Waals surface area (Å²) in [6.07, 6.45) is 0.989. The maximum absolute atomic E-state index is 12.7. The standard InChI is InChI=1S/C23H19NO3S/c25-23-19(16-5-2-1-3-6-16)13-17-8-9-21-20(22(17)27-23)14-24(15-26-21)11-10-18-7-4-12-28-18/h1-9,12-13H,10-11,14-15H2. The summed E-state index contributed by atoms with van der Waals surface area (Å²) < 4.78 is 11.7. The Labute approximate surface area is 166 Å². The van der Waals surface area contributed by atoms with E-state index in [0.29, 0.717) is 24.4 Å². The normalized spacial score (nSPS) is 14.0. The Morgan fingerprint density at radius 3 is 2.75 bits per heavy atom. The Morgan fingerprint density at radius 2 is 1.93 bits per heavy atom. The molecule has 0 fully saturated rings. The van der Waals surface area contributed by atoms with Crippen LogP contribution in [0.25, 0.3) is 22.1 Å². The van der Waals surface area contributed by atoms with E-state index in [4.69, 9.17) is 9.15 Å². The number of fused-ring (bicyclic) bond motifs is 3. The van der Waals surface area contributed by atoms with Crippen LogP contribution in [0.15, 0.2) is 75.3 Å². The summed E-state index contributed by atoms with van der Waals surface area (Å²) >= 11 is 1.77. The van der Waals surface area contributed by atoms with Gasteiger partial charge in [-0.2, -0.15) is 0 Å². The lowest BCUT2D eigenvalue weighted by atomic mass is 10.0. The molecular formula is C23H19NO3S. The monoisotopic (exact) mass is 389 g/mol. The summed E-state index contributed by atoms with van der Waals surface area (Å²) in [5.41, 5.74) is 2.71. The van der Waals surface area contributed by atoms with Crippen LogP contribution in [0.1, 0.15) is 10.4 Å². The van der Waals surface area contributed by atoms with E-state index in [1.807, 2.05) is 48.5 Å². The summed E-state index contributed by atoms with van der Waals surface area (Å²) in [7, 11) is 0. The third-order valence-corrected chi connectivity index (χ3v) is 6.02. The van der Waals surface area contributed by atoms with E-state index in [9.17, 15) is 4.79 Å². The molecular weight excluding hydrogens is 370 g/mol. The fourth-order valence-corrected chi connectivity index (χ4v) is 4.32. The number of ether oxygens (including phenoxy) is 1. The van der Waals surface area contributed by atoms with Crippen LogP contribution < -0.4 is 10.4 Å². The van der Waals surface area contributed by atoms with Gasteiger partial charge in [-0.05, 0) is 41.6 Å². The molecule has 0 saturated carbocycles. The van der Waals surface area contributed by atoms with E-state index in [1.54, 1.807) is 11.3 Å². The molecule has 0 atom stereocenters. The molecule has 140 valence electrons. The minimum absolute atomic E-state index is 0.317. The lowest BCUT2D eigenvalue weighted by Crippen LogP contribution is -2.33. The van der Waals surface area contributed by atoms with Crippen molar-refractivity contribution in [1.29, 1.82) is 0 Å². The van der Waals surface area contributed by atoms with Crippen molar-refractivity contribution in [3.63, 3.8) is 0 Å². The van der Waals surface area contributed by atoms with Crippen molar-refractivity contribution in [1.82, 2.24) is 4.90 Å². The molecule has 5 heteroatoms. The van der Waals surface area contributed by atoms with Crippen LogP contribution in [-0.2, 0) is 13.0 Å². The van der Waals surface area contributed by atoms with Crippen molar-refractivity contribution in [2.45, 2.75) is 13.0 Å². The molecule has 2 aromatic heterocycles. The minimum atomic E-state index is -0.317. The predicted octanol–water partition coefficient (Wildman–Crippen LogP) is 4.92. The molecule has 5 rings (SSSR count). The van der Waals surface area contributed by atoms with Gasteiger partial charge < -0.3 is 9.15 Å². The molecule has 0 N–H and O–H groups in total. The molecule has 0 amide bonds. The van der Waals surface area contributed by atoms with Crippen molar-refractivity contribution in [2.75, 3.05) is 13.3 Å². The lowest BCUT2D eigenvalue weighted by molar-refractivity contribution is 0.0970. The van der Waals surface area contributed by atoms with E-state index < -0.39 is 0 Å². The van der Waals surface area contributed by atoms with Crippen LogP contribution in [0.3, 0.4) is 0 Å². The van der Waals surface area contributed by atoms with Crippen LogP contribution in [0, 0.1) is 0 Å². The second-order valence-electron chi connectivity index (χ2n) is 6.93. The zero-order chi connectivity index (χ0) is 18.9. The number of hydrogen-bond donors (Lipinski definition) is 0. The smallest absolute Gasteiger partial charge is 0.344 e. The molecule has 4 aromatic rings. The first-order chi connectivity index (χ1) is 13.8. The third-order valence-electron chi connectivity index (χ3n) is 5.09. The Balaban J connectivity index is 1.48. The van der Waals surface area contributed by atoms with E-state index in [-0.39, 0.29) is 5.63 Å². The van der Waals surface area contributed by atoms with Gasteiger partial charge in [-0.15, -0.1) is 11.3 Å². The van der Waals surface area contributed by atoms with Crippen LogP contribution >= 0.6 is 11.3 Å². The fourth-order valence-electron chi connectivity index (χ4n) is 3.62. The maximum Gasteiger partial charge on any atom is 0.344 e. The molecule has 0 saturated heterocycles. The van der Waals surface area contributed by atoms with Crippen LogP contribution in [0.5, 0.6) is 5.75 Å². The molecule has 0 unspecified atom stereocenters. The molecule has 3 heterocycles. The van der Waals surface area contributed by atoms with Crippen molar-refractivity contribution >= 4 is 22.3 Å². The second-order valence-corrected chi connectivity index (χ2v) is 7.96. The summed E-state index contributed by atoms with van der Waals surface area (Å²) in [6, 6.07) is 19.7. The number of rotatable bonds is 4. The predicted molar refractivity (Wildman–Crippen MR) is 112 cm³/mol. The van der Waals surface area contributed by atoms with Gasteiger partial charge in [-0.25, -0.2) is 4.79 Å². The Kier molecular flexibility index (Phi) is 4.47. The second kappa shape index (κ2) is 7.26. The van der Waals surface area contributed by atoms with E-state index in [0.717, 1.165) is 35.2 Å². The van der Waals surface area contributed by atoms with Gasteiger partial charge in [0.15, 0.2) is 0 Å². The van der Waals surface area contributed by atoms with Gasteiger partial charge in [-0.1, -0.05) is 36.4 Å². The van der Waals surface area contributed by atoms with E-state index >= 15 is 0 Å². The average Bonchev–Trinajstić information content (AvgIpc) is 3.26. The number of nitrogens with zero attached hydrogens (tertiary/aromatic N) is 1. The molecule has 0 bridgehead atoms. The molecule has 0 aliphatic carbocycles. The molecule has 1 aliphatic rings. The lowest BCUT2D eigenvalue weighted by Gasteiger charge is -2.29. The Hall–Kier alpha value is -2.89. The number of thiophene rings is 1. The molecule has 1 aliphatic heterocycles. The van der Waals surface area contributed by atoms with Gasteiger partial charge in [0.25, 0.3) is 0 Å². The van der Waals surface area contributed by atoms with Crippen LogP contribution in [0.2, 0.25) is 0 Å². The average molecular weight is 389 g/mol. The van der Waals surface area contributed by atoms with Crippen molar-refractivity contribution < 1.29 is 9.15 Å². The number of hydrogen-bond acceptors (Lipinski definition) is 5. The van der Waals surface area contributed by atoms with Gasteiger partial charge in [0.05, 0.1) is 11.1 Å². The first-order valence-corrected chi connectivity index (χ1v) is 10.2. The van der Waals surface area contributed by atoms with Gasteiger partial charge in [0, 0.05) is 23.4 Å². The molecule has 2 aromatic carbocycles. The number of benzene rings is 2. The van der Waals surface area contributed by atoms with Gasteiger partial charge in [0.1, 0.15) is 18.1 Å². The largest absolute Gasteiger partial charge is 0.478 e.